The van der Waals surface area contributed by atoms with Crippen molar-refractivity contribution in [3.63, 3.8) is 0 Å². The summed E-state index contributed by atoms with van der Waals surface area (Å²) in [5.41, 5.74) is 2.92. The van der Waals surface area contributed by atoms with E-state index in [1.165, 1.54) is 0 Å². The van der Waals surface area contributed by atoms with Crippen molar-refractivity contribution >= 4 is 60.0 Å². The maximum Gasteiger partial charge on any atom is 0.343 e. The smallest absolute Gasteiger partial charge is 0.343 e. The second-order valence-electron chi connectivity index (χ2n) is 6.96. The second-order valence-corrected chi connectivity index (χ2v) is 9.11. The van der Waals surface area contributed by atoms with Crippen LogP contribution in [0.3, 0.4) is 0 Å². The molecule has 3 aromatic heterocycles. The predicted octanol–water partition coefficient (Wildman–Crippen LogP) is 5.08. The van der Waals surface area contributed by atoms with Crippen molar-refractivity contribution in [3.8, 4) is 5.75 Å². The van der Waals surface area contributed by atoms with Crippen LogP contribution in [0.15, 0.2) is 40.5 Å². The predicted molar refractivity (Wildman–Crippen MR) is 121 cm³/mol. The molecule has 0 atom stereocenters. The molecule has 0 unspecified atom stereocenters. The van der Waals surface area contributed by atoms with Gasteiger partial charge in [-0.3, -0.25) is 4.79 Å². The molecule has 8 heteroatoms. The first-order valence-corrected chi connectivity index (χ1v) is 11.2. The van der Waals surface area contributed by atoms with E-state index in [4.69, 9.17) is 4.74 Å². The third-order valence-corrected chi connectivity index (χ3v) is 6.87. The number of carbonyl (C=O) groups is 1. The number of nitrogens with zero attached hydrogens (tertiary/aromatic N) is 3. The normalized spacial score (nSPS) is 11.6. The lowest BCUT2D eigenvalue weighted by atomic mass is 10.1. The minimum absolute atomic E-state index is 0.117. The van der Waals surface area contributed by atoms with Gasteiger partial charge >= 0.3 is 5.97 Å². The molecule has 0 saturated heterocycles. The van der Waals surface area contributed by atoms with E-state index in [1.807, 2.05) is 31.4 Å². The van der Waals surface area contributed by atoms with E-state index >= 15 is 0 Å². The Morgan fingerprint density at radius 3 is 2.80 bits per heavy atom. The summed E-state index contributed by atoms with van der Waals surface area (Å²) in [6.45, 7) is 6.09. The van der Waals surface area contributed by atoms with E-state index in [0.717, 1.165) is 25.3 Å². The highest BCUT2D eigenvalue weighted by atomic mass is 32.1. The molecular formula is C22H17N3O3S2. The molecule has 3 heterocycles. The largest absolute Gasteiger partial charge is 0.422 e. The molecule has 0 aliphatic rings. The number of esters is 1. The molecule has 2 aromatic carbocycles. The third-order valence-electron chi connectivity index (χ3n) is 5.03. The number of fused-ring (bicyclic) bond motifs is 4. The van der Waals surface area contributed by atoms with Crippen LogP contribution >= 0.6 is 22.7 Å². The van der Waals surface area contributed by atoms with Gasteiger partial charge in [0.2, 0.25) is 0 Å². The molecule has 5 rings (SSSR count). The number of rotatable bonds is 3. The number of hydrogen-bond donors (Lipinski definition) is 0. The molecule has 0 spiro atoms. The molecule has 0 aliphatic heterocycles. The lowest BCUT2D eigenvalue weighted by Gasteiger charge is -2.10. The van der Waals surface area contributed by atoms with Gasteiger partial charge in [0, 0.05) is 18.0 Å². The van der Waals surface area contributed by atoms with Gasteiger partial charge in [-0.25, -0.2) is 14.8 Å². The maximum absolute atomic E-state index is 12.9. The fourth-order valence-corrected chi connectivity index (χ4v) is 5.48. The highest BCUT2D eigenvalue weighted by Crippen LogP contribution is 2.39. The minimum Gasteiger partial charge on any atom is -0.422 e. The second kappa shape index (κ2) is 7.00. The first kappa shape index (κ1) is 18.9. The van der Waals surface area contributed by atoms with Crippen LogP contribution in [-0.4, -0.2) is 20.5 Å². The van der Waals surface area contributed by atoms with Crippen LogP contribution in [0.5, 0.6) is 5.75 Å². The average molecular weight is 436 g/mol. The molecule has 150 valence electrons. The van der Waals surface area contributed by atoms with Crippen LogP contribution in [0.25, 0.3) is 31.3 Å². The summed E-state index contributed by atoms with van der Waals surface area (Å²) in [5.74, 6) is 0.0638. The van der Waals surface area contributed by atoms with Crippen LogP contribution in [0.4, 0.5) is 0 Å². The van der Waals surface area contributed by atoms with Crippen molar-refractivity contribution < 1.29 is 9.53 Å². The molecule has 0 bridgehead atoms. The fourth-order valence-electron chi connectivity index (χ4n) is 3.65. The van der Waals surface area contributed by atoms with Crippen molar-refractivity contribution in [2.45, 2.75) is 27.3 Å². The van der Waals surface area contributed by atoms with Crippen molar-refractivity contribution in [1.29, 1.82) is 0 Å². The van der Waals surface area contributed by atoms with E-state index in [-0.39, 0.29) is 5.56 Å². The van der Waals surface area contributed by atoms with Crippen molar-refractivity contribution in [3.05, 3.63) is 62.3 Å². The molecule has 30 heavy (non-hydrogen) atoms. The molecule has 6 nitrogen and oxygen atoms in total. The summed E-state index contributed by atoms with van der Waals surface area (Å²) in [6.07, 6.45) is 0. The van der Waals surface area contributed by atoms with Gasteiger partial charge in [0.25, 0.3) is 5.56 Å². The molecule has 5 aromatic rings. The van der Waals surface area contributed by atoms with Gasteiger partial charge in [-0.15, -0.1) is 22.7 Å². The topological polar surface area (TPSA) is 74.1 Å². The zero-order valence-electron chi connectivity index (χ0n) is 16.6. The molecule has 0 N–H and O–H groups in total. The van der Waals surface area contributed by atoms with Crippen LogP contribution in [0.1, 0.15) is 28.0 Å². The van der Waals surface area contributed by atoms with Gasteiger partial charge in [-0.2, -0.15) is 0 Å². The number of aryl methyl sites for hydroxylation is 3. The lowest BCUT2D eigenvalue weighted by Crippen LogP contribution is -2.23. The SMILES string of the molecule is CCn1c(=O)c(C)nc2cc(C(=O)Oc3cc4sc(C)nc4c4sccc34)ccc21. The zero-order valence-corrected chi connectivity index (χ0v) is 18.2. The molecule has 0 amide bonds. The summed E-state index contributed by atoms with van der Waals surface area (Å²) >= 11 is 3.16. The molecule has 0 saturated carbocycles. The van der Waals surface area contributed by atoms with Crippen LogP contribution in [0, 0.1) is 13.8 Å². The number of hydrogen-bond acceptors (Lipinski definition) is 7. The van der Waals surface area contributed by atoms with E-state index in [1.54, 1.807) is 52.4 Å². The van der Waals surface area contributed by atoms with E-state index in [2.05, 4.69) is 9.97 Å². The third kappa shape index (κ3) is 2.91. The summed E-state index contributed by atoms with van der Waals surface area (Å²) in [7, 11) is 0. The monoisotopic (exact) mass is 435 g/mol. The fraction of sp³-hybridized carbons (Fsp3) is 0.182. The highest BCUT2D eigenvalue weighted by Gasteiger charge is 2.17. The Labute approximate surface area is 179 Å². The molecule has 0 aliphatic carbocycles. The first-order chi connectivity index (χ1) is 14.5. The molecule has 0 radical (unpaired) electrons. The van der Waals surface area contributed by atoms with Gasteiger partial charge in [0.15, 0.2) is 0 Å². The van der Waals surface area contributed by atoms with Crippen LogP contribution in [0.2, 0.25) is 0 Å². The van der Waals surface area contributed by atoms with Gasteiger partial charge in [0.05, 0.1) is 36.5 Å². The Hall–Kier alpha value is -3.10. The van der Waals surface area contributed by atoms with Gasteiger partial charge in [-0.1, -0.05) is 0 Å². The Morgan fingerprint density at radius 1 is 1.17 bits per heavy atom. The quantitative estimate of drug-likeness (QED) is 0.292. The zero-order chi connectivity index (χ0) is 21.0. The van der Waals surface area contributed by atoms with Gasteiger partial charge in [-0.05, 0) is 50.4 Å². The van der Waals surface area contributed by atoms with Crippen LogP contribution < -0.4 is 10.3 Å². The van der Waals surface area contributed by atoms with Gasteiger partial charge < -0.3 is 9.30 Å². The van der Waals surface area contributed by atoms with Crippen molar-refractivity contribution in [2.75, 3.05) is 0 Å². The standard InChI is InChI=1S/C22H17N3O3S2/c1-4-25-16-6-5-13(9-15(16)23-11(2)21(25)26)22(27)28-17-10-18-19(24-12(3)30-18)20-14(17)7-8-29-20/h5-10H,4H2,1-3H3. The molecular weight excluding hydrogens is 418 g/mol. The Bertz CT molecular complexity index is 1530. The number of ether oxygens (including phenoxy) is 1. The number of thiophene rings is 1. The summed E-state index contributed by atoms with van der Waals surface area (Å²) < 4.78 is 9.46. The van der Waals surface area contributed by atoms with Crippen LogP contribution in [-0.2, 0) is 6.54 Å². The van der Waals surface area contributed by atoms with Gasteiger partial charge in [0.1, 0.15) is 11.4 Å². The maximum atomic E-state index is 12.9. The Kier molecular flexibility index (Phi) is 4.41. The minimum atomic E-state index is -0.460. The van der Waals surface area contributed by atoms with E-state index in [0.29, 0.717) is 34.6 Å². The number of thiazole rings is 1. The number of aromatic nitrogens is 3. The van der Waals surface area contributed by atoms with E-state index in [9.17, 15) is 9.59 Å². The Morgan fingerprint density at radius 2 is 2.00 bits per heavy atom. The van der Waals surface area contributed by atoms with E-state index < -0.39 is 5.97 Å². The van der Waals surface area contributed by atoms with Crippen molar-refractivity contribution in [1.82, 2.24) is 14.5 Å². The average Bonchev–Trinajstić information content (AvgIpc) is 3.34. The summed E-state index contributed by atoms with van der Waals surface area (Å²) in [6, 6.07) is 8.93. The Balaban J connectivity index is 1.58. The number of benzene rings is 2. The van der Waals surface area contributed by atoms with Crippen molar-refractivity contribution in [2.24, 2.45) is 0 Å². The highest BCUT2D eigenvalue weighted by molar-refractivity contribution is 7.21. The lowest BCUT2D eigenvalue weighted by molar-refractivity contribution is 0.0737. The summed E-state index contributed by atoms with van der Waals surface area (Å²) in [4.78, 5) is 34.2. The first-order valence-electron chi connectivity index (χ1n) is 9.47. The number of carbonyl (C=O) groups excluding carboxylic acids is 1. The molecule has 0 fully saturated rings. The summed E-state index contributed by atoms with van der Waals surface area (Å²) in [5, 5.41) is 3.82.